The first-order chi connectivity index (χ1) is 3.89. The van der Waals surface area contributed by atoms with Crippen LogP contribution in [-0.4, -0.2) is 22.6 Å². The molecule has 9 N–H and O–H groups in total. The van der Waals surface area contributed by atoms with Crippen LogP contribution in [0.25, 0.3) is 0 Å². The molecule has 0 fully saturated rings. The first-order valence-electron chi connectivity index (χ1n) is 2.04. The highest BCUT2D eigenvalue weighted by Gasteiger charge is 2.22. The highest BCUT2D eigenvalue weighted by atomic mass is 16.4. The third-order valence-electron chi connectivity index (χ3n) is 0.795. The van der Waals surface area contributed by atoms with Gasteiger partial charge in [0.25, 0.3) is 0 Å². The van der Waals surface area contributed by atoms with E-state index in [0.717, 1.165) is 0 Å². The number of rotatable bonds is 2. The Labute approximate surface area is 62.8 Å². The van der Waals surface area contributed by atoms with Crippen molar-refractivity contribution in [1.29, 1.82) is 0 Å². The van der Waals surface area contributed by atoms with Crippen LogP contribution in [0, 0.1) is 0 Å². The number of carbonyl (C=O) groups is 2. The molecular formula is C4H12N2O5. The van der Waals surface area contributed by atoms with Gasteiger partial charge in [0.1, 0.15) is 5.60 Å². The number of aliphatic hydroxyl groups is 1. The Morgan fingerprint density at radius 1 is 1.18 bits per heavy atom. The molecule has 0 saturated heterocycles. The van der Waals surface area contributed by atoms with E-state index in [1.807, 2.05) is 0 Å². The minimum absolute atomic E-state index is 0. The fourth-order valence-corrected chi connectivity index (χ4v) is 0.0833. The van der Waals surface area contributed by atoms with Gasteiger partial charge in [0, 0.05) is 0 Å². The zero-order valence-electron chi connectivity index (χ0n) is 6.58. The van der Waals surface area contributed by atoms with E-state index in [-0.39, 0.29) is 12.3 Å². The Morgan fingerprint density at radius 2 is 1.36 bits per heavy atom. The average Bonchev–Trinajstić information content (AvgIpc) is 1.65. The number of aliphatic carboxylic acids is 2. The normalized spacial score (nSPS) is 8.91. The molecule has 0 unspecified atom stereocenters. The van der Waals surface area contributed by atoms with Crippen LogP contribution in [0.5, 0.6) is 0 Å². The van der Waals surface area contributed by atoms with E-state index in [1.165, 1.54) is 0 Å². The minimum Gasteiger partial charge on any atom is -0.547 e. The number of carboxylic acid groups (broad SMARTS) is 2. The molecule has 0 aliphatic heterocycles. The van der Waals surface area contributed by atoms with Crippen LogP contribution in [0.4, 0.5) is 0 Å². The molecular weight excluding hydrogens is 156 g/mol. The summed E-state index contributed by atoms with van der Waals surface area (Å²) in [5.74, 6) is -4.16. The summed E-state index contributed by atoms with van der Waals surface area (Å²) in [6, 6.07) is 0. The molecule has 0 spiro atoms. The number of hydrogen-bond donors (Lipinski definition) is 3. The first-order valence-corrected chi connectivity index (χ1v) is 2.04. The van der Waals surface area contributed by atoms with E-state index in [9.17, 15) is 19.8 Å². The van der Waals surface area contributed by atoms with Gasteiger partial charge in [0.2, 0.25) is 0 Å². The summed E-state index contributed by atoms with van der Waals surface area (Å²) in [6.07, 6.45) is 0. The second-order valence-corrected chi connectivity index (χ2v) is 1.65. The maximum atomic E-state index is 9.68. The maximum Gasteiger partial charge on any atom is 0.140 e. The van der Waals surface area contributed by atoms with Crippen molar-refractivity contribution >= 4 is 11.9 Å². The molecule has 68 valence electrons. The molecule has 0 aromatic rings. The molecule has 0 bridgehead atoms. The molecule has 0 aliphatic rings. The van der Waals surface area contributed by atoms with Gasteiger partial charge in [-0.3, -0.25) is 0 Å². The lowest BCUT2D eigenvalue weighted by Crippen LogP contribution is -2.57. The van der Waals surface area contributed by atoms with Gasteiger partial charge in [0.15, 0.2) is 0 Å². The molecule has 0 aromatic carbocycles. The summed E-state index contributed by atoms with van der Waals surface area (Å²) in [4.78, 5) is 19.4. The fraction of sp³-hybridized carbons (Fsp3) is 0.500. The monoisotopic (exact) mass is 168 g/mol. The maximum absolute atomic E-state index is 9.68. The Balaban J connectivity index is -0.000000320. The summed E-state index contributed by atoms with van der Waals surface area (Å²) in [5, 5.41) is 27.7. The Kier molecular flexibility index (Phi) is 6.88. The first kappa shape index (κ1) is 16.4. The molecule has 0 atom stereocenters. The van der Waals surface area contributed by atoms with Crippen LogP contribution in [0.15, 0.2) is 0 Å². The van der Waals surface area contributed by atoms with E-state index in [1.54, 1.807) is 0 Å². The summed E-state index contributed by atoms with van der Waals surface area (Å²) in [6.45, 7) is 0.567. The van der Waals surface area contributed by atoms with Crippen molar-refractivity contribution in [1.82, 2.24) is 12.3 Å². The quantitative estimate of drug-likeness (QED) is 0.371. The number of hydrogen-bond acceptors (Lipinski definition) is 5. The summed E-state index contributed by atoms with van der Waals surface area (Å²) in [7, 11) is 0. The molecule has 0 radical (unpaired) electrons. The molecule has 0 saturated carbocycles. The van der Waals surface area contributed by atoms with Crippen molar-refractivity contribution in [2.24, 2.45) is 0 Å². The zero-order valence-corrected chi connectivity index (χ0v) is 6.58. The van der Waals surface area contributed by atoms with Crippen molar-refractivity contribution in [3.63, 3.8) is 0 Å². The second kappa shape index (κ2) is 4.61. The lowest BCUT2D eigenvalue weighted by Gasteiger charge is -2.24. The van der Waals surface area contributed by atoms with E-state index in [2.05, 4.69) is 0 Å². The number of carbonyl (C=O) groups excluding carboxylic acids is 2. The van der Waals surface area contributed by atoms with Gasteiger partial charge in [-0.05, 0) is 6.92 Å². The molecule has 0 aromatic heterocycles. The molecule has 7 nitrogen and oxygen atoms in total. The fourth-order valence-electron chi connectivity index (χ4n) is 0.0833. The SMILES string of the molecule is CC(O)(C(=O)[O-])C(=O)[O-].[NH4+].[NH4+]. The third kappa shape index (κ3) is 3.50. The number of quaternary nitrogens is 2. The second-order valence-electron chi connectivity index (χ2n) is 1.65. The lowest BCUT2D eigenvalue weighted by atomic mass is 10.1. The van der Waals surface area contributed by atoms with Crippen LogP contribution >= 0.6 is 0 Å². The van der Waals surface area contributed by atoms with Crippen LogP contribution in [0.3, 0.4) is 0 Å². The molecule has 7 heteroatoms. The van der Waals surface area contributed by atoms with Gasteiger partial charge >= 0.3 is 0 Å². The van der Waals surface area contributed by atoms with E-state index in [4.69, 9.17) is 5.11 Å². The smallest absolute Gasteiger partial charge is 0.140 e. The minimum atomic E-state index is -2.89. The molecule has 11 heavy (non-hydrogen) atoms. The van der Waals surface area contributed by atoms with Crippen LogP contribution in [-0.2, 0) is 9.59 Å². The topological polar surface area (TPSA) is 173 Å². The predicted molar refractivity (Wildman–Crippen MR) is 32.6 cm³/mol. The van der Waals surface area contributed by atoms with Crippen molar-refractivity contribution in [3.05, 3.63) is 0 Å². The van der Waals surface area contributed by atoms with Gasteiger partial charge in [-0.15, -0.1) is 0 Å². The standard InChI is InChI=1S/C4H6O5.2H3N/c1-4(9,2(5)6)3(7)8;;/h9H,1H3,(H,5,6)(H,7,8);2*1H3. The molecule has 0 heterocycles. The summed E-state index contributed by atoms with van der Waals surface area (Å²) < 4.78 is 0. The zero-order chi connectivity index (χ0) is 7.65. The molecule has 0 amide bonds. The summed E-state index contributed by atoms with van der Waals surface area (Å²) in [5.41, 5.74) is -2.89. The van der Waals surface area contributed by atoms with E-state index >= 15 is 0 Å². The van der Waals surface area contributed by atoms with Crippen LogP contribution < -0.4 is 22.5 Å². The number of carboxylic acids is 2. The van der Waals surface area contributed by atoms with Gasteiger partial charge in [-0.1, -0.05) is 0 Å². The lowest BCUT2D eigenvalue weighted by molar-refractivity contribution is -0.348. The highest BCUT2D eigenvalue weighted by molar-refractivity contribution is 5.98. The van der Waals surface area contributed by atoms with Crippen molar-refractivity contribution < 1.29 is 24.9 Å². The van der Waals surface area contributed by atoms with E-state index < -0.39 is 17.5 Å². The largest absolute Gasteiger partial charge is 0.547 e. The molecule has 0 aliphatic carbocycles. The van der Waals surface area contributed by atoms with Gasteiger partial charge in [0.05, 0.1) is 11.9 Å². The molecule has 0 rings (SSSR count). The predicted octanol–water partition coefficient (Wildman–Crippen LogP) is -3.01. The summed E-state index contributed by atoms with van der Waals surface area (Å²) >= 11 is 0. The Morgan fingerprint density at radius 3 is 1.36 bits per heavy atom. The average molecular weight is 168 g/mol. The van der Waals surface area contributed by atoms with Crippen molar-refractivity contribution in [3.8, 4) is 0 Å². The van der Waals surface area contributed by atoms with Crippen molar-refractivity contribution in [2.45, 2.75) is 12.5 Å². The third-order valence-corrected chi connectivity index (χ3v) is 0.795. The Bertz CT molecular complexity index is 139. The van der Waals surface area contributed by atoms with Gasteiger partial charge < -0.3 is 37.2 Å². The van der Waals surface area contributed by atoms with Gasteiger partial charge in [-0.25, -0.2) is 0 Å². The van der Waals surface area contributed by atoms with Crippen LogP contribution in [0.1, 0.15) is 6.92 Å². The van der Waals surface area contributed by atoms with Crippen molar-refractivity contribution in [2.75, 3.05) is 0 Å². The van der Waals surface area contributed by atoms with Crippen LogP contribution in [0.2, 0.25) is 0 Å². The highest BCUT2D eigenvalue weighted by Crippen LogP contribution is 1.97. The van der Waals surface area contributed by atoms with Gasteiger partial charge in [-0.2, -0.15) is 0 Å². The van der Waals surface area contributed by atoms with E-state index in [0.29, 0.717) is 6.92 Å². The Hall–Kier alpha value is -1.18.